The first-order chi connectivity index (χ1) is 9.56. The standard InChI is InChI=1S/C15H22N2O3/c1-11-3-5-13(6-4-11)20-10-12(18)9-16-14-7-8-17(2)15(14)19/h3-6,12,14,16,18H,7-10H2,1-2H3. The van der Waals surface area contributed by atoms with Crippen molar-refractivity contribution >= 4 is 5.91 Å². The minimum Gasteiger partial charge on any atom is -0.491 e. The van der Waals surface area contributed by atoms with Gasteiger partial charge in [-0.05, 0) is 25.5 Å². The van der Waals surface area contributed by atoms with Crippen LogP contribution >= 0.6 is 0 Å². The summed E-state index contributed by atoms with van der Waals surface area (Å²) in [5.41, 5.74) is 1.17. The molecule has 1 aromatic rings. The van der Waals surface area contributed by atoms with Crippen molar-refractivity contribution in [3.63, 3.8) is 0 Å². The highest BCUT2D eigenvalue weighted by atomic mass is 16.5. The third-order valence-electron chi connectivity index (χ3n) is 3.49. The molecule has 0 spiro atoms. The predicted molar refractivity (Wildman–Crippen MR) is 76.7 cm³/mol. The van der Waals surface area contributed by atoms with Gasteiger partial charge in [0.1, 0.15) is 18.5 Å². The molecule has 5 nitrogen and oxygen atoms in total. The number of aryl methyl sites for hydroxylation is 1. The Labute approximate surface area is 119 Å². The average Bonchev–Trinajstić information content (AvgIpc) is 2.76. The first-order valence-corrected chi connectivity index (χ1v) is 6.92. The van der Waals surface area contributed by atoms with Crippen molar-refractivity contribution in [2.24, 2.45) is 0 Å². The molecule has 1 amide bonds. The Morgan fingerprint density at radius 1 is 1.45 bits per heavy atom. The van der Waals surface area contributed by atoms with Crippen LogP contribution in [0, 0.1) is 6.92 Å². The highest BCUT2D eigenvalue weighted by molar-refractivity contribution is 5.83. The van der Waals surface area contributed by atoms with Crippen molar-refractivity contribution in [1.29, 1.82) is 0 Å². The van der Waals surface area contributed by atoms with Crippen LogP contribution in [0.15, 0.2) is 24.3 Å². The lowest BCUT2D eigenvalue weighted by molar-refractivity contribution is -0.128. The van der Waals surface area contributed by atoms with Crippen molar-refractivity contribution in [1.82, 2.24) is 10.2 Å². The molecule has 2 N–H and O–H groups in total. The van der Waals surface area contributed by atoms with E-state index in [2.05, 4.69) is 5.32 Å². The first kappa shape index (κ1) is 14.8. The van der Waals surface area contributed by atoms with Crippen LogP contribution in [0.1, 0.15) is 12.0 Å². The van der Waals surface area contributed by atoms with E-state index in [1.807, 2.05) is 31.2 Å². The number of hydrogen-bond acceptors (Lipinski definition) is 4. The van der Waals surface area contributed by atoms with Crippen molar-refractivity contribution < 1.29 is 14.6 Å². The van der Waals surface area contributed by atoms with Crippen LogP contribution in [-0.2, 0) is 4.79 Å². The highest BCUT2D eigenvalue weighted by Crippen LogP contribution is 2.12. The molecule has 2 rings (SSSR count). The van der Waals surface area contributed by atoms with Crippen molar-refractivity contribution in [3.8, 4) is 5.75 Å². The number of rotatable bonds is 6. The zero-order chi connectivity index (χ0) is 14.5. The summed E-state index contributed by atoms with van der Waals surface area (Å²) in [5.74, 6) is 0.836. The van der Waals surface area contributed by atoms with Gasteiger partial charge in [0.25, 0.3) is 0 Å². The van der Waals surface area contributed by atoms with Gasteiger partial charge in [-0.15, -0.1) is 0 Å². The number of likely N-dealkylation sites (tertiary alicyclic amines) is 1. The van der Waals surface area contributed by atoms with E-state index in [-0.39, 0.29) is 18.6 Å². The first-order valence-electron chi connectivity index (χ1n) is 6.92. The summed E-state index contributed by atoms with van der Waals surface area (Å²) in [6, 6.07) is 7.52. The second-order valence-corrected chi connectivity index (χ2v) is 5.29. The van der Waals surface area contributed by atoms with Gasteiger partial charge in [0.2, 0.25) is 5.91 Å². The Morgan fingerprint density at radius 2 is 2.15 bits per heavy atom. The molecular formula is C15H22N2O3. The smallest absolute Gasteiger partial charge is 0.239 e. The highest BCUT2D eigenvalue weighted by Gasteiger charge is 2.28. The van der Waals surface area contributed by atoms with Crippen LogP contribution in [0.25, 0.3) is 0 Å². The second kappa shape index (κ2) is 6.72. The second-order valence-electron chi connectivity index (χ2n) is 5.29. The summed E-state index contributed by atoms with van der Waals surface area (Å²) in [4.78, 5) is 13.4. The maximum atomic E-state index is 11.7. The van der Waals surface area contributed by atoms with Gasteiger partial charge < -0.3 is 20.1 Å². The van der Waals surface area contributed by atoms with Crippen LogP contribution < -0.4 is 10.1 Å². The predicted octanol–water partition coefficient (Wildman–Crippen LogP) is 0.555. The fourth-order valence-electron chi connectivity index (χ4n) is 2.18. The molecule has 0 aromatic heterocycles. The van der Waals surface area contributed by atoms with Gasteiger partial charge in [-0.25, -0.2) is 0 Å². The third-order valence-corrected chi connectivity index (χ3v) is 3.49. The van der Waals surface area contributed by atoms with Crippen molar-refractivity contribution in [2.75, 3.05) is 26.7 Å². The number of nitrogens with zero attached hydrogens (tertiary/aromatic N) is 1. The normalized spacial score (nSPS) is 20.2. The summed E-state index contributed by atoms with van der Waals surface area (Å²) in [6.07, 6.45) is 0.163. The summed E-state index contributed by atoms with van der Waals surface area (Å²) < 4.78 is 5.50. The van der Waals surface area contributed by atoms with Crippen LogP contribution in [0.5, 0.6) is 5.75 Å². The van der Waals surface area contributed by atoms with Gasteiger partial charge in [-0.1, -0.05) is 17.7 Å². The lowest BCUT2D eigenvalue weighted by atomic mass is 10.2. The molecule has 5 heteroatoms. The van der Waals surface area contributed by atoms with Gasteiger partial charge >= 0.3 is 0 Å². The van der Waals surface area contributed by atoms with E-state index in [4.69, 9.17) is 4.74 Å². The number of carbonyl (C=O) groups is 1. The average molecular weight is 278 g/mol. The quantitative estimate of drug-likeness (QED) is 0.798. The molecular weight excluding hydrogens is 256 g/mol. The Hall–Kier alpha value is -1.59. The van der Waals surface area contributed by atoms with Gasteiger partial charge in [0, 0.05) is 20.1 Å². The zero-order valence-corrected chi connectivity index (χ0v) is 12.0. The molecule has 0 aliphatic carbocycles. The van der Waals surface area contributed by atoms with E-state index in [0.29, 0.717) is 6.54 Å². The molecule has 1 aliphatic heterocycles. The lowest BCUT2D eigenvalue weighted by Gasteiger charge is -2.16. The van der Waals surface area contributed by atoms with Gasteiger partial charge in [-0.2, -0.15) is 0 Å². The maximum Gasteiger partial charge on any atom is 0.239 e. The number of amides is 1. The molecule has 20 heavy (non-hydrogen) atoms. The molecule has 1 saturated heterocycles. The Morgan fingerprint density at radius 3 is 2.75 bits per heavy atom. The minimum atomic E-state index is -0.630. The molecule has 110 valence electrons. The molecule has 1 aliphatic rings. The summed E-state index contributed by atoms with van der Waals surface area (Å²) in [6.45, 7) is 3.35. The Bertz CT molecular complexity index is 447. The zero-order valence-electron chi connectivity index (χ0n) is 12.0. The Kier molecular flexibility index (Phi) is 4.98. The van der Waals surface area contributed by atoms with Crippen LogP contribution in [0.2, 0.25) is 0 Å². The molecule has 1 fully saturated rings. The van der Waals surface area contributed by atoms with Crippen LogP contribution in [0.4, 0.5) is 0 Å². The summed E-state index contributed by atoms with van der Waals surface area (Å²) in [7, 11) is 1.79. The largest absolute Gasteiger partial charge is 0.491 e. The fraction of sp³-hybridized carbons (Fsp3) is 0.533. The molecule has 1 aromatic carbocycles. The topological polar surface area (TPSA) is 61.8 Å². The molecule has 0 bridgehead atoms. The van der Waals surface area contributed by atoms with Crippen molar-refractivity contribution in [3.05, 3.63) is 29.8 Å². The Balaban J connectivity index is 1.69. The SMILES string of the molecule is Cc1ccc(OCC(O)CNC2CCN(C)C2=O)cc1. The number of likely N-dealkylation sites (N-methyl/N-ethyl adjacent to an activating group) is 1. The minimum absolute atomic E-state index is 0.0941. The van der Waals surface area contributed by atoms with Crippen LogP contribution in [0.3, 0.4) is 0 Å². The van der Waals surface area contributed by atoms with E-state index in [9.17, 15) is 9.90 Å². The number of ether oxygens (including phenoxy) is 1. The van der Waals surface area contributed by atoms with E-state index in [0.717, 1.165) is 18.7 Å². The molecule has 2 atom stereocenters. The van der Waals surface area contributed by atoms with E-state index in [1.165, 1.54) is 5.56 Å². The molecule has 2 unspecified atom stereocenters. The fourth-order valence-corrected chi connectivity index (χ4v) is 2.18. The monoisotopic (exact) mass is 278 g/mol. The van der Waals surface area contributed by atoms with E-state index >= 15 is 0 Å². The maximum absolute atomic E-state index is 11.7. The number of carbonyl (C=O) groups excluding carboxylic acids is 1. The third kappa shape index (κ3) is 3.95. The van der Waals surface area contributed by atoms with Crippen LogP contribution in [-0.4, -0.2) is 54.8 Å². The summed E-state index contributed by atoms with van der Waals surface area (Å²) >= 11 is 0. The number of benzene rings is 1. The molecule has 1 heterocycles. The number of aliphatic hydroxyl groups is 1. The number of nitrogens with one attached hydrogen (secondary N) is 1. The van der Waals surface area contributed by atoms with E-state index < -0.39 is 6.10 Å². The van der Waals surface area contributed by atoms with Gasteiger partial charge in [-0.3, -0.25) is 4.79 Å². The summed E-state index contributed by atoms with van der Waals surface area (Å²) in [5, 5.41) is 13.0. The van der Waals surface area contributed by atoms with Gasteiger partial charge in [0.15, 0.2) is 0 Å². The molecule has 0 radical (unpaired) electrons. The lowest BCUT2D eigenvalue weighted by Crippen LogP contribution is -2.42. The molecule has 0 saturated carbocycles. The number of hydrogen-bond donors (Lipinski definition) is 2. The van der Waals surface area contributed by atoms with Crippen molar-refractivity contribution in [2.45, 2.75) is 25.5 Å². The van der Waals surface area contributed by atoms with Gasteiger partial charge in [0.05, 0.1) is 6.04 Å². The van der Waals surface area contributed by atoms with E-state index in [1.54, 1.807) is 11.9 Å². The number of aliphatic hydroxyl groups excluding tert-OH is 1.